The Bertz CT molecular complexity index is 1490. The molecule has 3 aliphatic heterocycles. The molecule has 1 fully saturated rings. The molecule has 0 saturated carbocycles. The number of aliphatic hydroxyl groups excluding tert-OH is 1. The van der Waals surface area contributed by atoms with E-state index in [4.69, 9.17) is 18.9 Å². The van der Waals surface area contributed by atoms with Crippen molar-refractivity contribution in [1.82, 2.24) is 9.80 Å². The maximum atomic E-state index is 11.4. The number of hydrogen-bond acceptors (Lipinski definition) is 8. The van der Waals surface area contributed by atoms with E-state index in [1.807, 2.05) is 11.8 Å². The Morgan fingerprint density at radius 2 is 1.43 bits per heavy atom. The molecule has 3 aromatic rings. The molecule has 3 aliphatic rings. The van der Waals surface area contributed by atoms with Crippen LogP contribution in [-0.4, -0.2) is 81.4 Å². The zero-order chi connectivity index (χ0) is 32.9. The summed E-state index contributed by atoms with van der Waals surface area (Å²) in [5.74, 6) is 5.99. The highest BCUT2D eigenvalue weighted by Gasteiger charge is 2.41. The number of methoxy groups -OCH3 is 4. The molecular weight excluding hydrogens is 609 g/mol. The van der Waals surface area contributed by atoms with E-state index in [0.29, 0.717) is 24.4 Å². The molecule has 5 atom stereocenters. The van der Waals surface area contributed by atoms with Crippen LogP contribution in [-0.2, 0) is 18.6 Å². The summed E-state index contributed by atoms with van der Waals surface area (Å²) >= 11 is 1.81. The van der Waals surface area contributed by atoms with Crippen LogP contribution in [0.15, 0.2) is 54.6 Å². The Kier molecular flexibility index (Phi) is 11.2. The number of β-amino-alcohol motifs (C(OH)–C–C–N with tert-alkyl or cyclic N) is 1. The molecule has 3 aromatic carbocycles. The van der Waals surface area contributed by atoms with Gasteiger partial charge in [-0.1, -0.05) is 43.7 Å². The number of rotatable bonds is 13. The van der Waals surface area contributed by atoms with Crippen molar-refractivity contribution >= 4 is 11.8 Å². The van der Waals surface area contributed by atoms with Gasteiger partial charge in [-0.05, 0) is 89.6 Å². The van der Waals surface area contributed by atoms with E-state index in [9.17, 15) is 5.11 Å². The number of ether oxygens (including phenoxy) is 4. The molecule has 1 N–H and O–H groups in total. The van der Waals surface area contributed by atoms with E-state index >= 15 is 0 Å². The first kappa shape index (κ1) is 34.0. The minimum absolute atomic E-state index is 0.200. The van der Waals surface area contributed by atoms with Gasteiger partial charge in [-0.25, -0.2) is 0 Å². The van der Waals surface area contributed by atoms with Gasteiger partial charge in [-0.2, -0.15) is 11.8 Å². The Morgan fingerprint density at radius 3 is 2.09 bits per heavy atom. The van der Waals surface area contributed by atoms with E-state index in [2.05, 4.69) is 71.3 Å². The van der Waals surface area contributed by atoms with Gasteiger partial charge in [0.05, 0.1) is 34.5 Å². The second-order valence-electron chi connectivity index (χ2n) is 13.4. The number of aliphatic hydroxyl groups is 1. The van der Waals surface area contributed by atoms with Crippen molar-refractivity contribution in [2.45, 2.75) is 63.0 Å². The fourth-order valence-electron chi connectivity index (χ4n) is 8.33. The Morgan fingerprint density at radius 1 is 0.809 bits per heavy atom. The summed E-state index contributed by atoms with van der Waals surface area (Å²) in [5.41, 5.74) is 6.74. The molecule has 0 aliphatic carbocycles. The molecule has 0 aromatic heterocycles. The zero-order valence-electron chi connectivity index (χ0n) is 28.7. The van der Waals surface area contributed by atoms with Crippen LogP contribution in [0.5, 0.6) is 23.0 Å². The predicted molar refractivity (Wildman–Crippen MR) is 190 cm³/mol. The second-order valence-corrected chi connectivity index (χ2v) is 14.4. The molecule has 0 amide bonds. The highest BCUT2D eigenvalue weighted by atomic mass is 32.2. The van der Waals surface area contributed by atoms with E-state index in [-0.39, 0.29) is 6.04 Å². The summed E-state index contributed by atoms with van der Waals surface area (Å²) in [5, 5.41) is 11.4. The summed E-state index contributed by atoms with van der Waals surface area (Å²) in [6.07, 6.45) is 4.91. The van der Waals surface area contributed by atoms with Crippen molar-refractivity contribution in [3.05, 3.63) is 82.4 Å². The minimum atomic E-state index is -0.399. The van der Waals surface area contributed by atoms with Crippen molar-refractivity contribution in [2.24, 2.45) is 11.8 Å². The van der Waals surface area contributed by atoms with Crippen LogP contribution < -0.4 is 18.9 Å². The summed E-state index contributed by atoms with van der Waals surface area (Å²) in [6.45, 7) is 6.14. The maximum absolute atomic E-state index is 11.4. The molecule has 7 nitrogen and oxygen atoms in total. The average Bonchev–Trinajstić information content (AvgIpc) is 3.11. The van der Waals surface area contributed by atoms with Crippen molar-refractivity contribution in [1.29, 1.82) is 0 Å². The Labute approximate surface area is 285 Å². The quantitative estimate of drug-likeness (QED) is 0.212. The van der Waals surface area contributed by atoms with Crippen molar-refractivity contribution in [3.63, 3.8) is 0 Å². The number of hydrogen-bond donors (Lipinski definition) is 1. The third-order valence-corrected chi connectivity index (χ3v) is 12.0. The molecule has 0 radical (unpaired) electrons. The van der Waals surface area contributed by atoms with Gasteiger partial charge in [0.1, 0.15) is 0 Å². The molecular formula is C39H52N2O5S. The van der Waals surface area contributed by atoms with Crippen molar-refractivity contribution in [3.8, 4) is 23.0 Å². The number of fused-ring (bicyclic) bond motifs is 4. The van der Waals surface area contributed by atoms with Gasteiger partial charge in [-0.15, -0.1) is 0 Å². The monoisotopic (exact) mass is 660 g/mol. The topological polar surface area (TPSA) is 63.6 Å². The van der Waals surface area contributed by atoms with Gasteiger partial charge in [-0.3, -0.25) is 9.80 Å². The normalized spacial score (nSPS) is 23.3. The van der Waals surface area contributed by atoms with Crippen molar-refractivity contribution in [2.75, 3.05) is 60.4 Å². The fraction of sp³-hybridized carbons (Fsp3) is 0.538. The highest BCUT2D eigenvalue weighted by Crippen LogP contribution is 2.49. The second kappa shape index (κ2) is 15.5. The summed E-state index contributed by atoms with van der Waals surface area (Å²) in [6, 6.07) is 19.9. The molecule has 0 bridgehead atoms. The van der Waals surface area contributed by atoms with Crippen LogP contribution in [0.4, 0.5) is 0 Å². The van der Waals surface area contributed by atoms with Gasteiger partial charge in [0, 0.05) is 49.8 Å². The number of nitrogens with zero attached hydrogens (tertiary/aromatic N) is 2. The van der Waals surface area contributed by atoms with E-state index < -0.39 is 6.10 Å². The zero-order valence-corrected chi connectivity index (χ0v) is 29.6. The number of piperidine rings is 1. The largest absolute Gasteiger partial charge is 0.493 e. The van der Waals surface area contributed by atoms with E-state index in [1.54, 1.807) is 28.4 Å². The first-order valence-corrected chi connectivity index (χ1v) is 18.4. The fourth-order valence-corrected chi connectivity index (χ4v) is 9.25. The number of benzene rings is 3. The molecule has 254 valence electrons. The number of thioether (sulfide) groups is 1. The van der Waals surface area contributed by atoms with Crippen LogP contribution in [0.25, 0.3) is 0 Å². The third kappa shape index (κ3) is 7.41. The van der Waals surface area contributed by atoms with Crippen LogP contribution in [0.3, 0.4) is 0 Å². The first-order valence-electron chi connectivity index (χ1n) is 17.2. The standard InChI is InChI=1S/C39H52N2O5S/c1-6-27-22-40-14-12-28-18-36(43-2)38(45-4)20-32(28)34(40)16-30(27)17-35-33-21-39(46-5)37(44-3)19-29(33)13-15-41(35)23-31(42)25-47-24-26-10-8-7-9-11-26/h7-11,18-21,27,30-31,34-35,42H,6,12-17,22-25H2,1-5H3/t27-,30+,31?,34-,35+/m0/s1. The lowest BCUT2D eigenvalue weighted by molar-refractivity contribution is 0.0233. The predicted octanol–water partition coefficient (Wildman–Crippen LogP) is 6.95. The van der Waals surface area contributed by atoms with Crippen molar-refractivity contribution < 1.29 is 24.1 Å². The first-order chi connectivity index (χ1) is 23.0. The van der Waals surface area contributed by atoms with Gasteiger partial charge in [0.2, 0.25) is 0 Å². The molecule has 1 saturated heterocycles. The molecule has 1 unspecified atom stereocenters. The Balaban J connectivity index is 1.26. The smallest absolute Gasteiger partial charge is 0.161 e. The van der Waals surface area contributed by atoms with E-state index in [0.717, 1.165) is 86.2 Å². The minimum Gasteiger partial charge on any atom is -0.493 e. The van der Waals surface area contributed by atoms with Crippen LogP contribution in [0.2, 0.25) is 0 Å². The van der Waals surface area contributed by atoms with Gasteiger partial charge in [0.15, 0.2) is 23.0 Å². The highest BCUT2D eigenvalue weighted by molar-refractivity contribution is 7.98. The summed E-state index contributed by atoms with van der Waals surface area (Å²) < 4.78 is 23.0. The van der Waals surface area contributed by atoms with E-state index in [1.165, 1.54) is 27.8 Å². The summed E-state index contributed by atoms with van der Waals surface area (Å²) in [4.78, 5) is 5.27. The Hall–Kier alpha value is -2.91. The average molecular weight is 661 g/mol. The van der Waals surface area contributed by atoms with Crippen LogP contribution in [0.1, 0.15) is 66.1 Å². The molecule has 6 rings (SSSR count). The molecule has 8 heteroatoms. The SMILES string of the molecule is CC[C@H]1CN2CCc3cc(OC)c(OC)cc3[C@@H]2C[C@@H]1C[C@@H]1c2cc(OC)c(OC)cc2CCN1CC(O)CSCc1ccccc1. The van der Waals surface area contributed by atoms with Gasteiger partial charge >= 0.3 is 0 Å². The lowest BCUT2D eigenvalue weighted by atomic mass is 9.72. The molecule has 3 heterocycles. The van der Waals surface area contributed by atoms with Gasteiger partial charge < -0.3 is 24.1 Å². The van der Waals surface area contributed by atoms with Crippen LogP contribution in [0, 0.1) is 11.8 Å². The third-order valence-electron chi connectivity index (χ3n) is 10.8. The van der Waals surface area contributed by atoms with Crippen LogP contribution >= 0.6 is 11.8 Å². The maximum Gasteiger partial charge on any atom is 0.161 e. The summed E-state index contributed by atoms with van der Waals surface area (Å²) in [7, 11) is 6.89. The lowest BCUT2D eigenvalue weighted by Gasteiger charge is -2.49. The molecule has 47 heavy (non-hydrogen) atoms. The lowest BCUT2D eigenvalue weighted by Crippen LogP contribution is -2.47. The van der Waals surface area contributed by atoms with Gasteiger partial charge in [0.25, 0.3) is 0 Å². The molecule has 0 spiro atoms.